The summed E-state index contributed by atoms with van der Waals surface area (Å²) in [5.41, 5.74) is 18.1. The molecule has 0 unspecified atom stereocenters. The second kappa shape index (κ2) is 14.6. The van der Waals surface area contributed by atoms with Gasteiger partial charge in [-0.1, -0.05) is 133 Å². The largest absolute Gasteiger partial charge is 0.310 e. The SMILES string of the molecule is Cc1cc(N(c2cc(-c3cccc(-n4c5ccccc5c5ccccc54)c3)c3sc4ccccc4c3c2)c2cc(C)c(-c3ccccc3)cc2C)ccc1-c1ccccc1. The lowest BCUT2D eigenvalue weighted by molar-refractivity contribution is 1.18. The second-order valence-electron chi connectivity index (χ2n) is 15.9. The van der Waals surface area contributed by atoms with Crippen LogP contribution in [0.25, 0.3) is 81.0 Å². The van der Waals surface area contributed by atoms with Gasteiger partial charge in [-0.25, -0.2) is 0 Å². The molecule has 0 N–H and O–H groups in total. The van der Waals surface area contributed by atoms with Crippen molar-refractivity contribution >= 4 is 70.4 Å². The highest BCUT2D eigenvalue weighted by Gasteiger charge is 2.22. The molecule has 11 rings (SSSR count). The second-order valence-corrected chi connectivity index (χ2v) is 17.0. The van der Waals surface area contributed by atoms with Crippen molar-refractivity contribution in [3.63, 3.8) is 0 Å². The van der Waals surface area contributed by atoms with Crippen LogP contribution in [0.3, 0.4) is 0 Å². The van der Waals surface area contributed by atoms with Gasteiger partial charge in [-0.05, 0) is 132 Å². The third-order valence-electron chi connectivity index (χ3n) is 12.1. The number of rotatable bonds is 7. The fraction of sp³-hybridized carbons (Fsp3) is 0.0526. The van der Waals surface area contributed by atoms with Gasteiger partial charge in [0.1, 0.15) is 0 Å². The molecule has 2 nitrogen and oxygen atoms in total. The van der Waals surface area contributed by atoms with E-state index in [-0.39, 0.29) is 0 Å². The number of anilines is 3. The molecule has 286 valence electrons. The summed E-state index contributed by atoms with van der Waals surface area (Å²) in [6.45, 7) is 6.74. The van der Waals surface area contributed by atoms with Crippen LogP contribution in [0.5, 0.6) is 0 Å². The molecule has 0 spiro atoms. The molecule has 0 aliphatic carbocycles. The van der Waals surface area contributed by atoms with E-state index in [1.54, 1.807) is 0 Å². The Labute approximate surface area is 354 Å². The Morgan fingerprint density at radius 1 is 0.383 bits per heavy atom. The van der Waals surface area contributed by atoms with E-state index in [2.05, 4.69) is 230 Å². The van der Waals surface area contributed by atoms with Gasteiger partial charge in [-0.3, -0.25) is 0 Å². The van der Waals surface area contributed by atoms with Gasteiger partial charge in [0, 0.05) is 59.3 Å². The Morgan fingerprint density at radius 3 is 1.68 bits per heavy atom. The molecule has 60 heavy (non-hydrogen) atoms. The molecule has 0 aliphatic heterocycles. The number of para-hydroxylation sites is 2. The number of thiophene rings is 1. The summed E-state index contributed by atoms with van der Waals surface area (Å²) in [4.78, 5) is 2.49. The third-order valence-corrected chi connectivity index (χ3v) is 13.4. The Morgan fingerprint density at radius 2 is 0.983 bits per heavy atom. The Bertz CT molecular complexity index is 3360. The average molecular weight is 787 g/mol. The highest BCUT2D eigenvalue weighted by Crippen LogP contribution is 2.48. The summed E-state index contributed by atoms with van der Waals surface area (Å²) in [5.74, 6) is 0. The van der Waals surface area contributed by atoms with E-state index < -0.39 is 0 Å². The van der Waals surface area contributed by atoms with Crippen molar-refractivity contribution in [2.24, 2.45) is 0 Å². The van der Waals surface area contributed by atoms with Crippen molar-refractivity contribution in [1.82, 2.24) is 4.57 Å². The molecular formula is C57H42N2S. The first-order chi connectivity index (χ1) is 29.5. The number of hydrogen-bond donors (Lipinski definition) is 0. The quantitative estimate of drug-likeness (QED) is 0.156. The molecule has 2 heterocycles. The average Bonchev–Trinajstić information content (AvgIpc) is 3.84. The molecule has 2 aromatic heterocycles. The Balaban J connectivity index is 1.16. The van der Waals surface area contributed by atoms with E-state index in [0.29, 0.717) is 0 Å². The summed E-state index contributed by atoms with van der Waals surface area (Å²) in [6, 6.07) is 73.6. The highest BCUT2D eigenvalue weighted by atomic mass is 32.1. The van der Waals surface area contributed by atoms with Crippen molar-refractivity contribution in [3.05, 3.63) is 217 Å². The first kappa shape index (κ1) is 35.9. The van der Waals surface area contributed by atoms with Crippen LogP contribution in [0.1, 0.15) is 16.7 Å². The zero-order chi connectivity index (χ0) is 40.3. The van der Waals surface area contributed by atoms with Gasteiger partial charge in [0.05, 0.1) is 11.0 Å². The van der Waals surface area contributed by atoms with Crippen LogP contribution in [0.15, 0.2) is 200 Å². The molecule has 3 heteroatoms. The number of aryl methyl sites for hydroxylation is 3. The van der Waals surface area contributed by atoms with E-state index in [4.69, 9.17) is 0 Å². The molecule has 0 saturated carbocycles. The van der Waals surface area contributed by atoms with Crippen molar-refractivity contribution in [2.75, 3.05) is 4.90 Å². The zero-order valence-electron chi connectivity index (χ0n) is 33.9. The van der Waals surface area contributed by atoms with Crippen LogP contribution in [0.4, 0.5) is 17.1 Å². The van der Waals surface area contributed by atoms with Crippen molar-refractivity contribution in [1.29, 1.82) is 0 Å². The first-order valence-corrected chi connectivity index (χ1v) is 21.5. The number of hydrogen-bond acceptors (Lipinski definition) is 2. The number of benzene rings is 9. The number of aromatic nitrogens is 1. The molecule has 9 aromatic carbocycles. The third kappa shape index (κ3) is 6.01. The van der Waals surface area contributed by atoms with E-state index >= 15 is 0 Å². The topological polar surface area (TPSA) is 8.17 Å². The molecule has 0 atom stereocenters. The number of nitrogens with zero attached hydrogens (tertiary/aromatic N) is 2. The maximum Gasteiger partial charge on any atom is 0.0541 e. The molecule has 0 bridgehead atoms. The van der Waals surface area contributed by atoms with E-state index in [9.17, 15) is 0 Å². The van der Waals surface area contributed by atoms with Crippen molar-refractivity contribution in [3.8, 4) is 39.1 Å². The summed E-state index contributed by atoms with van der Waals surface area (Å²) in [6.07, 6.45) is 0. The lowest BCUT2D eigenvalue weighted by atomic mass is 9.95. The summed E-state index contributed by atoms with van der Waals surface area (Å²) >= 11 is 1.89. The van der Waals surface area contributed by atoms with Crippen molar-refractivity contribution < 1.29 is 0 Å². The smallest absolute Gasteiger partial charge is 0.0541 e. The molecule has 11 aromatic rings. The summed E-state index contributed by atoms with van der Waals surface area (Å²) in [5, 5.41) is 5.08. The molecule has 0 aliphatic rings. The lowest BCUT2D eigenvalue weighted by Crippen LogP contribution is -2.12. The summed E-state index contributed by atoms with van der Waals surface area (Å²) in [7, 11) is 0. The van der Waals surface area contributed by atoms with Crippen LogP contribution in [0.2, 0.25) is 0 Å². The molecule has 0 saturated heterocycles. The van der Waals surface area contributed by atoms with Gasteiger partial charge in [-0.2, -0.15) is 0 Å². The standard InChI is InChI=1S/C57H42N2S/c1-37-31-44(29-30-46(37)40-17-6-4-7-18-40)58(55-33-38(2)50(32-39(55)3)41-19-8-5-9-20-41)45-35-51(57-52(36-45)49-25-12-15-28-56(49)60-57)42-21-16-22-43(34-42)59-53-26-13-10-23-47(53)48-24-11-14-27-54(48)59/h4-36H,1-3H3. The van der Waals surface area contributed by atoms with Gasteiger partial charge < -0.3 is 9.47 Å². The Kier molecular flexibility index (Phi) is 8.72. The van der Waals surface area contributed by atoms with Crippen molar-refractivity contribution in [2.45, 2.75) is 20.8 Å². The molecule has 0 radical (unpaired) electrons. The minimum atomic E-state index is 1.13. The zero-order valence-corrected chi connectivity index (χ0v) is 34.7. The van der Waals surface area contributed by atoms with Crippen LogP contribution < -0.4 is 4.90 Å². The molecule has 0 fully saturated rings. The fourth-order valence-corrected chi connectivity index (χ4v) is 10.5. The minimum Gasteiger partial charge on any atom is -0.310 e. The lowest BCUT2D eigenvalue weighted by Gasteiger charge is -2.29. The fourth-order valence-electron chi connectivity index (χ4n) is 9.29. The highest BCUT2D eigenvalue weighted by molar-refractivity contribution is 7.26. The van der Waals surface area contributed by atoms with Gasteiger partial charge >= 0.3 is 0 Å². The normalized spacial score (nSPS) is 11.6. The van der Waals surface area contributed by atoms with E-state index in [0.717, 1.165) is 17.1 Å². The maximum atomic E-state index is 2.49. The van der Waals surface area contributed by atoms with Crippen LogP contribution in [-0.4, -0.2) is 4.57 Å². The predicted octanol–water partition coefficient (Wildman–Crippen LogP) is 16.5. The monoisotopic (exact) mass is 786 g/mol. The van der Waals surface area contributed by atoms with Crippen LogP contribution in [-0.2, 0) is 0 Å². The molecular weight excluding hydrogens is 745 g/mol. The first-order valence-electron chi connectivity index (χ1n) is 20.7. The molecule has 0 amide bonds. The van der Waals surface area contributed by atoms with Crippen LogP contribution >= 0.6 is 11.3 Å². The minimum absolute atomic E-state index is 1.13. The van der Waals surface area contributed by atoms with Gasteiger partial charge in [0.2, 0.25) is 0 Å². The van der Waals surface area contributed by atoms with Gasteiger partial charge in [0.15, 0.2) is 0 Å². The summed E-state index contributed by atoms with van der Waals surface area (Å²) < 4.78 is 5.00. The maximum absolute atomic E-state index is 2.49. The van der Waals surface area contributed by atoms with E-state index in [1.807, 2.05) is 11.3 Å². The van der Waals surface area contributed by atoms with Crippen LogP contribution in [0, 0.1) is 20.8 Å². The van der Waals surface area contributed by atoms with Gasteiger partial charge in [0.25, 0.3) is 0 Å². The number of fused-ring (bicyclic) bond motifs is 6. The van der Waals surface area contributed by atoms with E-state index in [1.165, 1.54) is 97.7 Å². The Hall–Kier alpha value is -7.20. The predicted molar refractivity (Wildman–Crippen MR) is 259 cm³/mol. The van der Waals surface area contributed by atoms with Gasteiger partial charge in [-0.15, -0.1) is 11.3 Å².